The number of nitrogens with zero attached hydrogens (tertiary/aromatic N) is 5. The van der Waals surface area contributed by atoms with Gasteiger partial charge in [0.1, 0.15) is 17.3 Å². The van der Waals surface area contributed by atoms with Crippen LogP contribution in [0, 0.1) is 0 Å². The van der Waals surface area contributed by atoms with E-state index >= 15 is 0 Å². The van der Waals surface area contributed by atoms with E-state index in [4.69, 9.17) is 19.2 Å². The molecular formula is C37H46N6O6. The molecule has 2 aromatic carbocycles. The van der Waals surface area contributed by atoms with Gasteiger partial charge in [0.05, 0.1) is 18.4 Å². The minimum absolute atomic E-state index is 0.0666. The van der Waals surface area contributed by atoms with Gasteiger partial charge in [-0.2, -0.15) is 14.6 Å². The van der Waals surface area contributed by atoms with Crippen LogP contribution in [0.3, 0.4) is 0 Å². The number of likely N-dealkylation sites (tertiary alicyclic amines) is 1. The van der Waals surface area contributed by atoms with Crippen LogP contribution < -0.4 is 15.0 Å². The zero-order chi connectivity index (χ0) is 35.5. The summed E-state index contributed by atoms with van der Waals surface area (Å²) in [6, 6.07) is 17.5. The van der Waals surface area contributed by atoms with Crippen molar-refractivity contribution in [1.29, 1.82) is 0 Å². The second-order valence-corrected chi connectivity index (χ2v) is 14.4. The summed E-state index contributed by atoms with van der Waals surface area (Å²) in [5, 5.41) is 7.56. The second kappa shape index (κ2) is 14.2. The molecular weight excluding hydrogens is 624 g/mol. The highest BCUT2D eigenvalue weighted by Crippen LogP contribution is 2.34. The van der Waals surface area contributed by atoms with Gasteiger partial charge in [-0.15, -0.1) is 0 Å². The molecule has 12 nitrogen and oxygen atoms in total. The summed E-state index contributed by atoms with van der Waals surface area (Å²) >= 11 is 0. The average Bonchev–Trinajstić information content (AvgIpc) is 3.45. The van der Waals surface area contributed by atoms with E-state index < -0.39 is 23.4 Å². The third-order valence-electron chi connectivity index (χ3n) is 7.60. The lowest BCUT2D eigenvalue weighted by Crippen LogP contribution is -2.46. The Morgan fingerprint density at radius 1 is 0.939 bits per heavy atom. The number of nitrogens with one attached hydrogen (secondary N) is 1. The second-order valence-electron chi connectivity index (χ2n) is 14.4. The number of piperidine rings is 1. The van der Waals surface area contributed by atoms with E-state index in [0.717, 1.165) is 12.0 Å². The number of benzene rings is 2. The predicted molar refractivity (Wildman–Crippen MR) is 188 cm³/mol. The molecule has 0 bridgehead atoms. The van der Waals surface area contributed by atoms with Gasteiger partial charge in [0.25, 0.3) is 5.91 Å². The van der Waals surface area contributed by atoms with Gasteiger partial charge in [0.2, 0.25) is 5.88 Å². The fourth-order valence-electron chi connectivity index (χ4n) is 5.42. The van der Waals surface area contributed by atoms with Crippen LogP contribution >= 0.6 is 0 Å². The van der Waals surface area contributed by atoms with Gasteiger partial charge < -0.3 is 24.4 Å². The van der Waals surface area contributed by atoms with E-state index in [1.54, 1.807) is 91.0 Å². The molecule has 5 rings (SSSR count). The van der Waals surface area contributed by atoms with Crippen LogP contribution in [0.25, 0.3) is 5.65 Å². The summed E-state index contributed by atoms with van der Waals surface area (Å²) in [7, 11) is 0. The molecule has 0 radical (unpaired) electrons. The molecule has 12 heteroatoms. The first kappa shape index (κ1) is 35.2. The Morgan fingerprint density at radius 2 is 1.65 bits per heavy atom. The molecule has 4 aromatic rings. The smallest absolute Gasteiger partial charge is 0.420 e. The van der Waals surface area contributed by atoms with Crippen LogP contribution in [0.15, 0.2) is 66.9 Å². The number of anilines is 3. The molecule has 0 saturated carbocycles. The molecule has 260 valence electrons. The highest BCUT2D eigenvalue weighted by atomic mass is 16.6. The zero-order valence-electron chi connectivity index (χ0n) is 29.5. The Balaban J connectivity index is 1.55. The lowest BCUT2D eigenvalue weighted by molar-refractivity contribution is 0.00720. The number of fused-ring (bicyclic) bond motifs is 1. The summed E-state index contributed by atoms with van der Waals surface area (Å²) in [6.45, 7) is 15.9. The molecule has 3 amide bonds. The predicted octanol–water partition coefficient (Wildman–Crippen LogP) is 7.96. The van der Waals surface area contributed by atoms with E-state index in [9.17, 15) is 14.4 Å². The Kier molecular flexibility index (Phi) is 10.2. The maximum absolute atomic E-state index is 14.1. The first-order chi connectivity index (χ1) is 23.1. The third kappa shape index (κ3) is 8.87. The standard InChI is InChI=1S/C37H46N6O6/c1-24(2)29-22-38-43-31(21-30(40-32(29)43)47-28-18-13-19-41(23-28)34(45)48-36(3,4)5)42(35(46)49-37(6,7)8)27-17-12-16-26(20-27)39-33(44)25-14-10-9-11-15-25/h9-12,14-17,20-22,24,28H,13,18-19,23H2,1-8H3,(H,39,44). The Hall–Kier alpha value is -5.13. The number of amides is 3. The molecule has 0 aliphatic carbocycles. The summed E-state index contributed by atoms with van der Waals surface area (Å²) in [5.74, 6) is 0.373. The number of hydrogen-bond acceptors (Lipinski definition) is 8. The van der Waals surface area contributed by atoms with Crippen molar-refractivity contribution < 1.29 is 28.6 Å². The Morgan fingerprint density at radius 3 is 2.33 bits per heavy atom. The largest absolute Gasteiger partial charge is 0.472 e. The number of aromatic nitrogens is 3. The number of hydrogen-bond donors (Lipinski definition) is 1. The van der Waals surface area contributed by atoms with Crippen molar-refractivity contribution in [2.24, 2.45) is 0 Å². The van der Waals surface area contributed by atoms with Gasteiger partial charge in [-0.25, -0.2) is 14.5 Å². The molecule has 2 aromatic heterocycles. The highest BCUT2D eigenvalue weighted by molar-refractivity contribution is 6.05. The number of ether oxygens (including phenoxy) is 3. The fourth-order valence-corrected chi connectivity index (χ4v) is 5.42. The van der Waals surface area contributed by atoms with Gasteiger partial charge in [-0.05, 0) is 90.6 Å². The molecule has 1 aliphatic rings. The van der Waals surface area contributed by atoms with E-state index in [1.165, 1.54) is 4.90 Å². The summed E-state index contributed by atoms with van der Waals surface area (Å²) in [6.07, 6.45) is 1.76. The first-order valence-corrected chi connectivity index (χ1v) is 16.6. The minimum atomic E-state index is -0.819. The van der Waals surface area contributed by atoms with E-state index in [-0.39, 0.29) is 23.8 Å². The molecule has 3 heterocycles. The molecule has 1 aliphatic heterocycles. The van der Waals surface area contributed by atoms with Crippen molar-refractivity contribution >= 4 is 40.9 Å². The number of carbonyl (C=O) groups excluding carboxylic acids is 3. The average molecular weight is 671 g/mol. The summed E-state index contributed by atoms with van der Waals surface area (Å²) in [4.78, 5) is 47.9. The molecule has 1 N–H and O–H groups in total. The zero-order valence-corrected chi connectivity index (χ0v) is 29.5. The van der Waals surface area contributed by atoms with E-state index in [1.807, 2.05) is 40.7 Å². The normalized spacial score (nSPS) is 15.2. The SMILES string of the molecule is CC(C)c1cnn2c(N(C(=O)OC(C)(C)C)c3cccc(NC(=O)c4ccccc4)c3)cc(OC3CCCN(C(=O)OC(C)(C)C)C3)nc12. The van der Waals surface area contributed by atoms with Crippen molar-refractivity contribution in [3.05, 3.63) is 78.0 Å². The maximum Gasteiger partial charge on any atom is 0.420 e. The van der Waals surface area contributed by atoms with Crippen molar-refractivity contribution in [1.82, 2.24) is 19.5 Å². The van der Waals surface area contributed by atoms with Crippen LogP contribution in [-0.4, -0.2) is 68.0 Å². The lowest BCUT2D eigenvalue weighted by Gasteiger charge is -2.34. The lowest BCUT2D eigenvalue weighted by atomic mass is 10.1. The number of carbonyl (C=O) groups is 3. The monoisotopic (exact) mass is 670 g/mol. The van der Waals surface area contributed by atoms with Crippen molar-refractivity contribution in [2.75, 3.05) is 23.3 Å². The van der Waals surface area contributed by atoms with Gasteiger partial charge in [-0.3, -0.25) is 4.79 Å². The Bertz CT molecular complexity index is 1810. The van der Waals surface area contributed by atoms with Crippen molar-refractivity contribution in [2.45, 2.75) is 91.5 Å². The van der Waals surface area contributed by atoms with Gasteiger partial charge in [-0.1, -0.05) is 38.1 Å². The van der Waals surface area contributed by atoms with Crippen LogP contribution in [0.2, 0.25) is 0 Å². The van der Waals surface area contributed by atoms with Crippen molar-refractivity contribution in [3.63, 3.8) is 0 Å². The van der Waals surface area contributed by atoms with Crippen LogP contribution in [-0.2, 0) is 9.47 Å². The summed E-state index contributed by atoms with van der Waals surface area (Å²) < 4.78 is 19.6. The van der Waals surface area contributed by atoms with E-state index in [0.29, 0.717) is 47.9 Å². The van der Waals surface area contributed by atoms with Crippen molar-refractivity contribution in [3.8, 4) is 5.88 Å². The molecule has 1 saturated heterocycles. The molecule has 49 heavy (non-hydrogen) atoms. The topological polar surface area (TPSA) is 128 Å². The Labute approximate surface area is 287 Å². The van der Waals surface area contributed by atoms with Gasteiger partial charge >= 0.3 is 12.2 Å². The highest BCUT2D eigenvalue weighted by Gasteiger charge is 2.32. The van der Waals surface area contributed by atoms with Crippen LogP contribution in [0.4, 0.5) is 26.8 Å². The first-order valence-electron chi connectivity index (χ1n) is 16.6. The summed E-state index contributed by atoms with van der Waals surface area (Å²) in [5.41, 5.74) is 1.35. The van der Waals surface area contributed by atoms with Crippen LogP contribution in [0.1, 0.15) is 90.1 Å². The fraction of sp³-hybridized carbons (Fsp3) is 0.432. The minimum Gasteiger partial charge on any atom is -0.472 e. The molecule has 1 unspecified atom stereocenters. The molecule has 0 spiro atoms. The third-order valence-corrected chi connectivity index (χ3v) is 7.60. The van der Waals surface area contributed by atoms with E-state index in [2.05, 4.69) is 10.4 Å². The quantitative estimate of drug-likeness (QED) is 0.210. The molecule has 1 fully saturated rings. The maximum atomic E-state index is 14.1. The van der Waals surface area contributed by atoms with Gasteiger partial charge in [0, 0.05) is 29.4 Å². The molecule has 1 atom stereocenters. The number of rotatable bonds is 7. The van der Waals surface area contributed by atoms with Crippen LogP contribution in [0.5, 0.6) is 5.88 Å². The van der Waals surface area contributed by atoms with Gasteiger partial charge in [0.15, 0.2) is 11.5 Å².